The predicted octanol–water partition coefficient (Wildman–Crippen LogP) is 0.257. The molecule has 1 amide bonds. The van der Waals surface area contributed by atoms with Crippen LogP contribution in [0.15, 0.2) is 6.07 Å². The Morgan fingerprint density at radius 1 is 1.44 bits per heavy atom. The van der Waals surface area contributed by atoms with E-state index in [0.717, 1.165) is 43.8 Å². The van der Waals surface area contributed by atoms with Gasteiger partial charge in [0, 0.05) is 37.6 Å². The van der Waals surface area contributed by atoms with Crippen molar-refractivity contribution in [2.75, 3.05) is 60.0 Å². The van der Waals surface area contributed by atoms with E-state index in [1.165, 1.54) is 10.4 Å². The van der Waals surface area contributed by atoms with Crippen molar-refractivity contribution in [2.24, 2.45) is 0 Å². The summed E-state index contributed by atoms with van der Waals surface area (Å²) in [5.74, 6) is -0.00472. The number of thiophene rings is 1. The number of carbonyl (C=O) groups is 1. The average Bonchev–Trinajstić information content (AvgIpc) is 3.09. The van der Waals surface area contributed by atoms with E-state index in [0.29, 0.717) is 19.7 Å². The predicted molar refractivity (Wildman–Crippen MR) is 105 cm³/mol. The molecule has 1 unspecified atom stereocenters. The Morgan fingerprint density at radius 3 is 2.85 bits per heavy atom. The second-order valence-corrected chi connectivity index (χ2v) is 8.81. The number of aliphatic hydroxyl groups excluding tert-OH is 2. The van der Waals surface area contributed by atoms with Crippen molar-refractivity contribution in [2.45, 2.75) is 31.0 Å². The molecule has 1 spiro atoms. The van der Waals surface area contributed by atoms with Crippen LogP contribution in [0, 0.1) is 0 Å². The quantitative estimate of drug-likeness (QED) is 0.612. The minimum Gasteiger partial charge on any atom is -0.394 e. The van der Waals surface area contributed by atoms with Crippen LogP contribution < -0.4 is 5.32 Å². The highest BCUT2D eigenvalue weighted by Crippen LogP contribution is 2.45. The third-order valence-corrected chi connectivity index (χ3v) is 6.75. The molecule has 0 aliphatic carbocycles. The molecule has 2 aliphatic rings. The molecule has 1 atom stereocenters. The van der Waals surface area contributed by atoms with Crippen LogP contribution in [0.2, 0.25) is 0 Å². The second-order valence-electron chi connectivity index (χ2n) is 7.75. The first kappa shape index (κ1) is 20.7. The fourth-order valence-electron chi connectivity index (χ4n) is 3.84. The van der Waals surface area contributed by atoms with Gasteiger partial charge in [0.25, 0.3) is 5.91 Å². The van der Waals surface area contributed by atoms with Gasteiger partial charge in [0.1, 0.15) is 5.60 Å². The Bertz CT molecular complexity index is 641. The Hall–Kier alpha value is -1.03. The van der Waals surface area contributed by atoms with E-state index in [9.17, 15) is 9.90 Å². The lowest BCUT2D eigenvalue weighted by atomic mass is 9.85. The number of carbonyl (C=O) groups excluding carboxylic acids is 1. The van der Waals surface area contributed by atoms with Gasteiger partial charge in [0.05, 0.1) is 24.2 Å². The SMILES string of the molecule is CN(C)CCNC(=O)c1cc2c(s1)C1(CCN(CC(O)CO)CC1)OCC2. The van der Waals surface area contributed by atoms with Crippen molar-refractivity contribution in [3.8, 4) is 0 Å². The third-order valence-electron chi connectivity index (χ3n) is 5.38. The molecule has 0 radical (unpaired) electrons. The summed E-state index contributed by atoms with van der Waals surface area (Å²) < 4.78 is 6.25. The average molecular weight is 398 g/mol. The van der Waals surface area contributed by atoms with Gasteiger partial charge in [-0.05, 0) is 45.0 Å². The van der Waals surface area contributed by atoms with Gasteiger partial charge < -0.3 is 30.1 Å². The molecule has 3 N–H and O–H groups in total. The number of ether oxygens (including phenoxy) is 1. The number of nitrogens with zero attached hydrogens (tertiary/aromatic N) is 2. The molecule has 3 rings (SSSR count). The van der Waals surface area contributed by atoms with E-state index in [-0.39, 0.29) is 18.1 Å². The van der Waals surface area contributed by atoms with E-state index >= 15 is 0 Å². The molecule has 1 saturated heterocycles. The molecule has 1 fully saturated rings. The van der Waals surface area contributed by atoms with Gasteiger partial charge in [-0.25, -0.2) is 0 Å². The van der Waals surface area contributed by atoms with Gasteiger partial charge in [0.2, 0.25) is 0 Å². The molecule has 3 heterocycles. The highest BCUT2D eigenvalue weighted by molar-refractivity contribution is 7.14. The summed E-state index contributed by atoms with van der Waals surface area (Å²) in [6.07, 6.45) is 1.85. The summed E-state index contributed by atoms with van der Waals surface area (Å²) in [5, 5.41) is 21.7. The molecule has 0 bridgehead atoms. The standard InChI is InChI=1S/C19H31N3O4S/c1-21(2)9-6-20-18(25)16-11-14-3-10-26-19(17(14)27-16)4-7-22(8-5-19)12-15(24)13-23/h11,15,23-24H,3-10,12-13H2,1-2H3,(H,20,25). The zero-order valence-electron chi connectivity index (χ0n) is 16.2. The van der Waals surface area contributed by atoms with Crippen molar-refractivity contribution < 1.29 is 19.7 Å². The minimum atomic E-state index is -0.693. The van der Waals surface area contributed by atoms with Crippen molar-refractivity contribution >= 4 is 17.2 Å². The largest absolute Gasteiger partial charge is 0.394 e. The lowest BCUT2D eigenvalue weighted by Gasteiger charge is -2.44. The molecule has 152 valence electrons. The lowest BCUT2D eigenvalue weighted by Crippen LogP contribution is -2.48. The zero-order valence-corrected chi connectivity index (χ0v) is 17.1. The van der Waals surface area contributed by atoms with Gasteiger partial charge in [-0.1, -0.05) is 0 Å². The Labute approximate surface area is 164 Å². The Kier molecular flexibility index (Phi) is 6.88. The van der Waals surface area contributed by atoms with E-state index in [2.05, 4.69) is 10.2 Å². The number of aliphatic hydroxyl groups is 2. The van der Waals surface area contributed by atoms with E-state index < -0.39 is 6.10 Å². The molecule has 0 aromatic carbocycles. The molecule has 2 aliphatic heterocycles. The number of rotatable bonds is 7. The van der Waals surface area contributed by atoms with Crippen molar-refractivity contribution in [1.82, 2.24) is 15.1 Å². The van der Waals surface area contributed by atoms with Crippen LogP contribution in [0.5, 0.6) is 0 Å². The molecular formula is C19H31N3O4S. The number of likely N-dealkylation sites (tertiary alicyclic amines) is 1. The highest BCUT2D eigenvalue weighted by Gasteiger charge is 2.42. The number of hydrogen-bond acceptors (Lipinski definition) is 7. The Morgan fingerprint density at radius 2 is 2.19 bits per heavy atom. The molecule has 7 nitrogen and oxygen atoms in total. The summed E-state index contributed by atoms with van der Waals surface area (Å²) in [6, 6.07) is 2.04. The van der Waals surface area contributed by atoms with Crippen LogP contribution in [0.4, 0.5) is 0 Å². The smallest absolute Gasteiger partial charge is 0.261 e. The van der Waals surface area contributed by atoms with Crippen LogP contribution in [0.1, 0.15) is 33.0 Å². The normalized spacial score (nSPS) is 20.6. The Balaban J connectivity index is 1.66. The number of fused-ring (bicyclic) bond motifs is 2. The summed E-state index contributed by atoms with van der Waals surface area (Å²) in [7, 11) is 3.98. The van der Waals surface area contributed by atoms with Crippen LogP contribution in [0.3, 0.4) is 0 Å². The van der Waals surface area contributed by atoms with Crippen molar-refractivity contribution in [3.05, 3.63) is 21.4 Å². The second kappa shape index (κ2) is 8.98. The first-order valence-electron chi connectivity index (χ1n) is 9.65. The van der Waals surface area contributed by atoms with Crippen LogP contribution >= 0.6 is 11.3 Å². The van der Waals surface area contributed by atoms with Crippen molar-refractivity contribution in [3.63, 3.8) is 0 Å². The number of amides is 1. The summed E-state index contributed by atoms with van der Waals surface area (Å²) in [5.41, 5.74) is 0.939. The first-order valence-corrected chi connectivity index (χ1v) is 10.5. The molecule has 1 aromatic rings. The number of likely N-dealkylation sites (N-methyl/N-ethyl adjacent to an activating group) is 1. The monoisotopic (exact) mass is 397 g/mol. The topological polar surface area (TPSA) is 85.3 Å². The molecule has 0 saturated carbocycles. The van der Waals surface area contributed by atoms with E-state index in [4.69, 9.17) is 9.84 Å². The van der Waals surface area contributed by atoms with Gasteiger partial charge in [-0.3, -0.25) is 4.79 Å². The summed E-state index contributed by atoms with van der Waals surface area (Å²) in [4.78, 5) is 18.7. The molecule has 1 aromatic heterocycles. The number of hydrogen-bond donors (Lipinski definition) is 3. The number of piperidine rings is 1. The lowest BCUT2D eigenvalue weighted by molar-refractivity contribution is -0.0991. The maximum absolute atomic E-state index is 12.5. The van der Waals surface area contributed by atoms with Crippen molar-refractivity contribution in [1.29, 1.82) is 0 Å². The fraction of sp³-hybridized carbons (Fsp3) is 0.737. The van der Waals surface area contributed by atoms with Gasteiger partial charge >= 0.3 is 0 Å². The van der Waals surface area contributed by atoms with Gasteiger partial charge in [0.15, 0.2) is 0 Å². The number of β-amino-alcohol motifs (C(OH)–C–C–N with tert-alkyl or cyclic N) is 1. The van der Waals surface area contributed by atoms with Gasteiger partial charge in [-0.15, -0.1) is 11.3 Å². The number of nitrogens with one attached hydrogen (secondary N) is 1. The van der Waals surface area contributed by atoms with Crippen LogP contribution in [-0.4, -0.2) is 92.1 Å². The van der Waals surface area contributed by atoms with E-state index in [1.807, 2.05) is 25.1 Å². The van der Waals surface area contributed by atoms with E-state index in [1.54, 1.807) is 11.3 Å². The fourth-order valence-corrected chi connectivity index (χ4v) is 5.17. The highest BCUT2D eigenvalue weighted by atomic mass is 32.1. The third kappa shape index (κ3) is 4.88. The molecule has 8 heteroatoms. The van der Waals surface area contributed by atoms with Gasteiger partial charge in [-0.2, -0.15) is 0 Å². The van der Waals surface area contributed by atoms with Crippen LogP contribution in [-0.2, 0) is 16.8 Å². The molecule has 27 heavy (non-hydrogen) atoms. The molecular weight excluding hydrogens is 366 g/mol. The van der Waals surface area contributed by atoms with Crippen LogP contribution in [0.25, 0.3) is 0 Å². The maximum Gasteiger partial charge on any atom is 0.261 e. The summed E-state index contributed by atoms with van der Waals surface area (Å²) >= 11 is 1.57. The zero-order chi connectivity index (χ0) is 19.4. The minimum absolute atomic E-state index is 0.00472. The summed E-state index contributed by atoms with van der Waals surface area (Å²) in [6.45, 7) is 4.06. The maximum atomic E-state index is 12.5. The first-order chi connectivity index (χ1) is 12.9.